The van der Waals surface area contributed by atoms with Gasteiger partial charge in [0.2, 0.25) is 5.91 Å². The standard InChI is InChI=1S/C13H14BrNO3/c1-13(2,3)18-12(17)15-10(16)7-8-5-4-6-9(14)11(8)15/h4-6H,7H2,1-3H3. The van der Waals surface area contributed by atoms with Crippen LogP contribution >= 0.6 is 15.9 Å². The van der Waals surface area contributed by atoms with Crippen molar-refractivity contribution in [3.8, 4) is 0 Å². The highest BCUT2D eigenvalue weighted by molar-refractivity contribution is 9.10. The first kappa shape index (κ1) is 13.1. The zero-order valence-corrected chi connectivity index (χ0v) is 12.1. The number of nitrogens with zero attached hydrogens (tertiary/aromatic N) is 1. The summed E-state index contributed by atoms with van der Waals surface area (Å²) in [4.78, 5) is 25.1. The molecule has 0 saturated carbocycles. The van der Waals surface area contributed by atoms with Crippen molar-refractivity contribution < 1.29 is 14.3 Å². The second-order valence-electron chi connectivity index (χ2n) is 5.13. The number of carbonyl (C=O) groups excluding carboxylic acids is 2. The third kappa shape index (κ3) is 2.41. The third-order valence-corrected chi connectivity index (χ3v) is 3.10. The molecule has 5 heteroatoms. The van der Waals surface area contributed by atoms with E-state index in [1.54, 1.807) is 26.8 Å². The minimum Gasteiger partial charge on any atom is -0.443 e. The summed E-state index contributed by atoms with van der Waals surface area (Å²) < 4.78 is 5.97. The fourth-order valence-electron chi connectivity index (χ4n) is 1.82. The van der Waals surface area contributed by atoms with Crippen LogP contribution in [0.15, 0.2) is 22.7 Å². The fourth-order valence-corrected chi connectivity index (χ4v) is 2.40. The van der Waals surface area contributed by atoms with E-state index in [1.807, 2.05) is 12.1 Å². The van der Waals surface area contributed by atoms with E-state index in [-0.39, 0.29) is 12.3 Å². The number of ether oxygens (including phenoxy) is 1. The van der Waals surface area contributed by atoms with Gasteiger partial charge in [0.15, 0.2) is 0 Å². The maximum Gasteiger partial charge on any atom is 0.421 e. The zero-order valence-electron chi connectivity index (χ0n) is 10.5. The molecule has 0 radical (unpaired) electrons. The lowest BCUT2D eigenvalue weighted by atomic mass is 10.2. The van der Waals surface area contributed by atoms with Gasteiger partial charge in [-0.25, -0.2) is 9.69 Å². The Labute approximate surface area is 114 Å². The molecule has 96 valence electrons. The second kappa shape index (κ2) is 4.39. The summed E-state index contributed by atoms with van der Waals surface area (Å²) >= 11 is 3.36. The van der Waals surface area contributed by atoms with Crippen molar-refractivity contribution in [2.45, 2.75) is 32.8 Å². The number of halogens is 1. The Hall–Kier alpha value is -1.36. The van der Waals surface area contributed by atoms with Crippen LogP contribution < -0.4 is 4.90 Å². The molecule has 0 saturated heterocycles. The number of hydrogen-bond donors (Lipinski definition) is 0. The quantitative estimate of drug-likeness (QED) is 0.738. The largest absolute Gasteiger partial charge is 0.443 e. The number of fused-ring (bicyclic) bond motifs is 1. The van der Waals surface area contributed by atoms with E-state index in [9.17, 15) is 9.59 Å². The van der Waals surface area contributed by atoms with Gasteiger partial charge in [-0.2, -0.15) is 0 Å². The van der Waals surface area contributed by atoms with Gasteiger partial charge in [-0.3, -0.25) is 4.79 Å². The van der Waals surface area contributed by atoms with Crippen molar-refractivity contribution in [3.63, 3.8) is 0 Å². The van der Waals surface area contributed by atoms with E-state index < -0.39 is 11.7 Å². The van der Waals surface area contributed by atoms with Gasteiger partial charge < -0.3 is 4.74 Å². The third-order valence-electron chi connectivity index (χ3n) is 2.46. The highest BCUT2D eigenvalue weighted by Gasteiger charge is 2.36. The average molecular weight is 312 g/mol. The first-order valence-corrected chi connectivity index (χ1v) is 6.42. The zero-order chi connectivity index (χ0) is 13.5. The highest BCUT2D eigenvalue weighted by atomic mass is 79.9. The molecule has 0 atom stereocenters. The molecule has 2 amide bonds. The molecule has 0 aromatic heterocycles. The summed E-state index contributed by atoms with van der Waals surface area (Å²) in [7, 11) is 0. The minimum atomic E-state index is -0.627. The molecule has 18 heavy (non-hydrogen) atoms. The van der Waals surface area contributed by atoms with Crippen LogP contribution in [-0.2, 0) is 16.0 Å². The molecular weight excluding hydrogens is 298 g/mol. The topological polar surface area (TPSA) is 46.6 Å². The Bertz CT molecular complexity index is 519. The van der Waals surface area contributed by atoms with Crippen LogP contribution in [0.1, 0.15) is 26.3 Å². The van der Waals surface area contributed by atoms with Gasteiger partial charge in [0, 0.05) is 4.47 Å². The summed E-state index contributed by atoms with van der Waals surface area (Å²) in [6.45, 7) is 5.31. The molecule has 0 aliphatic carbocycles. The molecule has 4 nitrogen and oxygen atoms in total. The first-order chi connectivity index (χ1) is 8.29. The van der Waals surface area contributed by atoms with Crippen LogP contribution in [0.25, 0.3) is 0 Å². The van der Waals surface area contributed by atoms with E-state index in [0.29, 0.717) is 5.69 Å². The van der Waals surface area contributed by atoms with Gasteiger partial charge in [-0.1, -0.05) is 12.1 Å². The Balaban J connectivity index is 2.36. The van der Waals surface area contributed by atoms with Gasteiger partial charge in [0.25, 0.3) is 0 Å². The number of amides is 2. The van der Waals surface area contributed by atoms with Crippen LogP contribution in [0.5, 0.6) is 0 Å². The molecular formula is C13H14BrNO3. The molecule has 2 rings (SSSR count). The van der Waals surface area contributed by atoms with Crippen LogP contribution in [0, 0.1) is 0 Å². The Morgan fingerprint density at radius 3 is 2.67 bits per heavy atom. The number of benzene rings is 1. The maximum atomic E-state index is 12.0. The molecule has 0 N–H and O–H groups in total. The minimum absolute atomic E-state index is 0.230. The summed E-state index contributed by atoms with van der Waals surface area (Å²) in [5.41, 5.74) is 0.804. The molecule has 0 bridgehead atoms. The SMILES string of the molecule is CC(C)(C)OC(=O)N1C(=O)Cc2cccc(Br)c21. The number of imide groups is 1. The van der Waals surface area contributed by atoms with Gasteiger partial charge in [-0.15, -0.1) is 0 Å². The Morgan fingerprint density at radius 1 is 1.39 bits per heavy atom. The predicted molar refractivity (Wildman–Crippen MR) is 71.6 cm³/mol. The van der Waals surface area contributed by atoms with E-state index in [2.05, 4.69) is 15.9 Å². The summed E-state index contributed by atoms with van der Waals surface area (Å²) in [5, 5.41) is 0. The Kier molecular flexibility index (Phi) is 3.19. The van der Waals surface area contributed by atoms with Gasteiger partial charge in [0.05, 0.1) is 12.1 Å². The van der Waals surface area contributed by atoms with E-state index in [1.165, 1.54) is 0 Å². The Morgan fingerprint density at radius 2 is 2.06 bits per heavy atom. The van der Waals surface area contributed by atoms with Crippen LogP contribution in [0.3, 0.4) is 0 Å². The van der Waals surface area contributed by atoms with E-state index in [4.69, 9.17) is 4.74 Å². The fraction of sp³-hybridized carbons (Fsp3) is 0.385. The number of rotatable bonds is 0. The van der Waals surface area contributed by atoms with E-state index in [0.717, 1.165) is 14.9 Å². The summed E-state index contributed by atoms with van der Waals surface area (Å²) in [6.07, 6.45) is -0.397. The van der Waals surface area contributed by atoms with E-state index >= 15 is 0 Å². The van der Waals surface area contributed by atoms with Crippen LogP contribution in [0.2, 0.25) is 0 Å². The molecule has 1 aromatic rings. The molecule has 1 aliphatic heterocycles. The molecule has 1 aromatic carbocycles. The summed E-state index contributed by atoms with van der Waals surface area (Å²) in [6, 6.07) is 5.48. The van der Waals surface area contributed by atoms with Crippen molar-refractivity contribution in [3.05, 3.63) is 28.2 Å². The number of hydrogen-bond acceptors (Lipinski definition) is 3. The maximum absolute atomic E-state index is 12.0. The molecule has 0 fully saturated rings. The van der Waals surface area contributed by atoms with Crippen molar-refractivity contribution in [1.82, 2.24) is 0 Å². The number of carbonyl (C=O) groups is 2. The van der Waals surface area contributed by atoms with Crippen molar-refractivity contribution in [1.29, 1.82) is 0 Å². The average Bonchev–Trinajstić information content (AvgIpc) is 2.53. The lowest BCUT2D eigenvalue weighted by Crippen LogP contribution is -2.38. The van der Waals surface area contributed by atoms with Crippen LogP contribution in [0.4, 0.5) is 10.5 Å². The predicted octanol–water partition coefficient (Wildman–Crippen LogP) is 3.27. The number of para-hydroxylation sites is 1. The van der Waals surface area contributed by atoms with Crippen molar-refractivity contribution in [2.75, 3.05) is 4.90 Å². The highest BCUT2D eigenvalue weighted by Crippen LogP contribution is 2.36. The lowest BCUT2D eigenvalue weighted by molar-refractivity contribution is -0.117. The smallest absolute Gasteiger partial charge is 0.421 e. The van der Waals surface area contributed by atoms with Gasteiger partial charge >= 0.3 is 6.09 Å². The van der Waals surface area contributed by atoms with Crippen molar-refractivity contribution >= 4 is 33.6 Å². The lowest BCUT2D eigenvalue weighted by Gasteiger charge is -2.24. The van der Waals surface area contributed by atoms with Crippen molar-refractivity contribution in [2.24, 2.45) is 0 Å². The molecule has 1 heterocycles. The van der Waals surface area contributed by atoms with Gasteiger partial charge in [-0.05, 0) is 48.3 Å². The summed E-state index contributed by atoms with van der Waals surface area (Å²) in [5.74, 6) is -0.258. The molecule has 0 spiro atoms. The normalized spacial score (nSPS) is 14.7. The monoisotopic (exact) mass is 311 g/mol. The van der Waals surface area contributed by atoms with Crippen LogP contribution in [-0.4, -0.2) is 17.6 Å². The van der Waals surface area contributed by atoms with Gasteiger partial charge in [0.1, 0.15) is 5.60 Å². The second-order valence-corrected chi connectivity index (χ2v) is 5.99. The number of anilines is 1. The molecule has 1 aliphatic rings. The molecule has 0 unspecified atom stereocenters. The first-order valence-electron chi connectivity index (χ1n) is 5.63.